The lowest BCUT2D eigenvalue weighted by atomic mass is 10.1. The quantitative estimate of drug-likeness (QED) is 0.684. The zero-order chi connectivity index (χ0) is 10.8. The van der Waals surface area contributed by atoms with Gasteiger partial charge < -0.3 is 5.73 Å². The predicted octanol–water partition coefficient (Wildman–Crippen LogP) is 0.171. The number of hydrogen-bond donors (Lipinski definition) is 1. The molecule has 0 radical (unpaired) electrons. The first-order valence-electron chi connectivity index (χ1n) is 4.81. The van der Waals surface area contributed by atoms with Gasteiger partial charge in [0.2, 0.25) is 10.0 Å². The Bertz CT molecular complexity index is 290. The molecule has 14 heavy (non-hydrogen) atoms. The summed E-state index contributed by atoms with van der Waals surface area (Å²) in [7, 11) is -3.11. The Morgan fingerprint density at radius 2 is 2.21 bits per heavy atom. The molecule has 5 heteroatoms. The molecule has 0 aliphatic carbocycles. The lowest BCUT2D eigenvalue weighted by Gasteiger charge is -2.14. The molecule has 2 atom stereocenters. The van der Waals surface area contributed by atoms with Gasteiger partial charge in [0, 0.05) is 19.1 Å². The average Bonchev–Trinajstić information content (AvgIpc) is 2.45. The van der Waals surface area contributed by atoms with Crippen LogP contribution in [0.2, 0.25) is 0 Å². The number of sulfonamides is 1. The van der Waals surface area contributed by atoms with E-state index in [-0.39, 0.29) is 17.7 Å². The molecule has 0 amide bonds. The molecule has 0 bridgehead atoms. The second kappa shape index (κ2) is 4.42. The van der Waals surface area contributed by atoms with Gasteiger partial charge in [-0.25, -0.2) is 12.7 Å². The van der Waals surface area contributed by atoms with Gasteiger partial charge in [0.15, 0.2) is 0 Å². The molecule has 0 saturated carbocycles. The van der Waals surface area contributed by atoms with Crippen molar-refractivity contribution in [1.29, 1.82) is 0 Å². The van der Waals surface area contributed by atoms with Crippen LogP contribution in [0.5, 0.6) is 0 Å². The highest BCUT2D eigenvalue weighted by Gasteiger charge is 2.33. The minimum absolute atomic E-state index is 0.0199. The van der Waals surface area contributed by atoms with Crippen LogP contribution in [0.4, 0.5) is 0 Å². The molecule has 0 aromatic rings. The highest BCUT2D eigenvalue weighted by atomic mass is 32.2. The van der Waals surface area contributed by atoms with Crippen LogP contribution in [0.3, 0.4) is 0 Å². The van der Waals surface area contributed by atoms with E-state index in [1.807, 2.05) is 6.92 Å². The third-order valence-corrected chi connectivity index (χ3v) is 4.45. The van der Waals surface area contributed by atoms with Crippen LogP contribution in [-0.4, -0.2) is 37.6 Å². The normalized spacial score (nSPS) is 29.3. The van der Waals surface area contributed by atoms with Crippen LogP contribution in [0.1, 0.15) is 13.3 Å². The molecule has 2 N–H and O–H groups in total. The molecule has 4 nitrogen and oxygen atoms in total. The first-order chi connectivity index (χ1) is 6.47. The molecule has 2 unspecified atom stereocenters. The van der Waals surface area contributed by atoms with E-state index in [4.69, 9.17) is 5.73 Å². The molecular weight excluding hydrogens is 200 g/mol. The van der Waals surface area contributed by atoms with Crippen molar-refractivity contribution in [2.75, 3.05) is 18.8 Å². The van der Waals surface area contributed by atoms with Gasteiger partial charge in [-0.1, -0.05) is 13.0 Å². The summed E-state index contributed by atoms with van der Waals surface area (Å²) in [6, 6.07) is -0.0199. The smallest absolute Gasteiger partial charge is 0.214 e. The zero-order valence-electron chi connectivity index (χ0n) is 8.52. The van der Waals surface area contributed by atoms with E-state index >= 15 is 0 Å². The zero-order valence-corrected chi connectivity index (χ0v) is 9.33. The highest BCUT2D eigenvalue weighted by Crippen LogP contribution is 2.18. The molecule has 1 heterocycles. The molecule has 0 aromatic carbocycles. The summed E-state index contributed by atoms with van der Waals surface area (Å²) < 4.78 is 24.9. The van der Waals surface area contributed by atoms with Crippen LogP contribution >= 0.6 is 0 Å². The van der Waals surface area contributed by atoms with Crippen LogP contribution in [0, 0.1) is 5.92 Å². The number of rotatable bonds is 4. The Kier molecular flexibility index (Phi) is 3.69. The molecular formula is C9H18N2O2S. The van der Waals surface area contributed by atoms with E-state index in [1.54, 1.807) is 6.08 Å². The van der Waals surface area contributed by atoms with Crippen LogP contribution in [-0.2, 0) is 10.0 Å². The predicted molar refractivity (Wildman–Crippen MR) is 57.3 cm³/mol. The van der Waals surface area contributed by atoms with Crippen molar-refractivity contribution < 1.29 is 8.42 Å². The van der Waals surface area contributed by atoms with E-state index in [0.29, 0.717) is 19.5 Å². The van der Waals surface area contributed by atoms with Crippen LogP contribution in [0.15, 0.2) is 12.7 Å². The monoisotopic (exact) mass is 218 g/mol. The van der Waals surface area contributed by atoms with Crippen molar-refractivity contribution in [3.05, 3.63) is 12.7 Å². The number of allylic oxidation sites excluding steroid dienone is 1. The summed E-state index contributed by atoms with van der Waals surface area (Å²) in [5.41, 5.74) is 5.77. The van der Waals surface area contributed by atoms with E-state index < -0.39 is 10.0 Å². The van der Waals surface area contributed by atoms with Gasteiger partial charge in [-0.3, -0.25) is 0 Å². The van der Waals surface area contributed by atoms with Crippen molar-refractivity contribution in [3.8, 4) is 0 Å². The van der Waals surface area contributed by atoms with Gasteiger partial charge in [-0.05, 0) is 12.3 Å². The minimum Gasteiger partial charge on any atom is -0.326 e. The Hall–Kier alpha value is -0.390. The molecule has 1 saturated heterocycles. The number of hydrogen-bond acceptors (Lipinski definition) is 3. The summed E-state index contributed by atoms with van der Waals surface area (Å²) in [6.45, 7) is 6.51. The van der Waals surface area contributed by atoms with Gasteiger partial charge >= 0.3 is 0 Å². The van der Waals surface area contributed by atoms with Gasteiger partial charge in [-0.2, -0.15) is 0 Å². The summed E-state index contributed by atoms with van der Waals surface area (Å²) in [5, 5.41) is 0. The van der Waals surface area contributed by atoms with Crippen molar-refractivity contribution in [2.24, 2.45) is 11.7 Å². The highest BCUT2D eigenvalue weighted by molar-refractivity contribution is 7.89. The van der Waals surface area contributed by atoms with E-state index in [9.17, 15) is 8.42 Å². The summed E-state index contributed by atoms with van der Waals surface area (Å²) >= 11 is 0. The molecule has 0 spiro atoms. The average molecular weight is 218 g/mol. The van der Waals surface area contributed by atoms with Crippen molar-refractivity contribution in [2.45, 2.75) is 19.4 Å². The number of nitrogens with two attached hydrogens (primary N) is 1. The Morgan fingerprint density at radius 1 is 1.57 bits per heavy atom. The van der Waals surface area contributed by atoms with Crippen LogP contribution in [0.25, 0.3) is 0 Å². The fourth-order valence-electron chi connectivity index (χ4n) is 1.53. The lowest BCUT2D eigenvalue weighted by Crippen LogP contribution is -2.33. The molecule has 1 aliphatic heterocycles. The maximum absolute atomic E-state index is 11.7. The maximum atomic E-state index is 11.7. The van der Waals surface area contributed by atoms with Crippen molar-refractivity contribution in [3.63, 3.8) is 0 Å². The van der Waals surface area contributed by atoms with Crippen molar-refractivity contribution in [1.82, 2.24) is 4.31 Å². The fraction of sp³-hybridized carbons (Fsp3) is 0.778. The van der Waals surface area contributed by atoms with Gasteiger partial charge in [0.25, 0.3) is 0 Å². The fourth-order valence-corrected chi connectivity index (χ4v) is 3.12. The Balaban J connectivity index is 2.61. The molecule has 1 aliphatic rings. The van der Waals surface area contributed by atoms with Gasteiger partial charge in [0.1, 0.15) is 0 Å². The molecule has 0 aromatic heterocycles. The second-order valence-electron chi connectivity index (χ2n) is 3.85. The molecule has 82 valence electrons. The van der Waals surface area contributed by atoms with E-state index in [2.05, 4.69) is 6.58 Å². The largest absolute Gasteiger partial charge is 0.326 e. The summed E-state index contributed by atoms with van der Waals surface area (Å²) in [5.74, 6) is 0.407. The van der Waals surface area contributed by atoms with Gasteiger partial charge in [0.05, 0.1) is 5.75 Å². The maximum Gasteiger partial charge on any atom is 0.214 e. The second-order valence-corrected chi connectivity index (χ2v) is 5.94. The standard InChI is InChI=1S/C9H18N2O2S/c1-3-4-5-14(12,13)11-6-8(2)9(10)7-11/h3,8-9H,1,4-7,10H2,2H3. The SMILES string of the molecule is C=CCCS(=O)(=O)N1CC(C)C(N)C1. The van der Waals surface area contributed by atoms with Crippen LogP contribution < -0.4 is 5.73 Å². The Labute approximate surface area is 85.8 Å². The summed E-state index contributed by atoms with van der Waals surface area (Å²) in [6.07, 6.45) is 2.12. The summed E-state index contributed by atoms with van der Waals surface area (Å²) in [4.78, 5) is 0. The van der Waals surface area contributed by atoms with E-state index in [0.717, 1.165) is 0 Å². The first-order valence-corrected chi connectivity index (χ1v) is 6.42. The third-order valence-electron chi connectivity index (χ3n) is 2.61. The first kappa shape index (κ1) is 11.7. The minimum atomic E-state index is -3.11. The Morgan fingerprint density at radius 3 is 2.64 bits per heavy atom. The topological polar surface area (TPSA) is 63.4 Å². The molecule has 1 fully saturated rings. The lowest BCUT2D eigenvalue weighted by molar-refractivity contribution is 0.464. The van der Waals surface area contributed by atoms with E-state index in [1.165, 1.54) is 4.31 Å². The van der Waals surface area contributed by atoms with Gasteiger partial charge in [-0.15, -0.1) is 6.58 Å². The molecule has 1 rings (SSSR count). The number of nitrogens with zero attached hydrogens (tertiary/aromatic N) is 1. The van der Waals surface area contributed by atoms with Crippen molar-refractivity contribution >= 4 is 10.0 Å². The third kappa shape index (κ3) is 2.56.